The van der Waals surface area contributed by atoms with Crippen LogP contribution in [0.15, 0.2) is 24.3 Å². The molecule has 2 unspecified atom stereocenters. The van der Waals surface area contributed by atoms with Gasteiger partial charge in [-0.15, -0.1) is 0 Å². The zero-order chi connectivity index (χ0) is 25.1. The van der Waals surface area contributed by atoms with Crippen LogP contribution in [0.3, 0.4) is 0 Å². The van der Waals surface area contributed by atoms with Crippen LogP contribution in [-0.2, 0) is 10.9 Å². The Morgan fingerprint density at radius 3 is 2.35 bits per heavy atom. The van der Waals surface area contributed by atoms with E-state index < -0.39 is 21.8 Å². The van der Waals surface area contributed by atoms with Gasteiger partial charge < -0.3 is 19.9 Å². The second-order valence-electron chi connectivity index (χ2n) is 10.7. The molecule has 0 aromatic heterocycles. The van der Waals surface area contributed by atoms with E-state index in [0.29, 0.717) is 31.6 Å². The SMILES string of the molecule is CN(C)C(=O)N1CCC(NCS(C)(C)C)C1COC1CCC(c2ccccc2C(F)(F)F)CC1. The van der Waals surface area contributed by atoms with Crippen molar-refractivity contribution < 1.29 is 22.7 Å². The molecule has 1 aromatic carbocycles. The summed E-state index contributed by atoms with van der Waals surface area (Å²) in [5, 5.41) is 3.67. The van der Waals surface area contributed by atoms with E-state index in [1.807, 2.05) is 4.90 Å². The topological polar surface area (TPSA) is 44.8 Å². The third kappa shape index (κ3) is 7.04. The molecule has 2 amide bonds. The maximum Gasteiger partial charge on any atom is 0.416 e. The lowest BCUT2D eigenvalue weighted by molar-refractivity contribution is -0.138. The Bertz CT molecular complexity index is 820. The largest absolute Gasteiger partial charge is 0.416 e. The molecule has 1 saturated heterocycles. The van der Waals surface area contributed by atoms with Crippen LogP contribution in [0, 0.1) is 0 Å². The highest BCUT2D eigenvalue weighted by molar-refractivity contribution is 8.32. The normalized spacial score (nSPS) is 26.5. The zero-order valence-electron chi connectivity index (χ0n) is 21.0. The minimum absolute atomic E-state index is 0.00604. The second kappa shape index (κ2) is 11.1. The molecule has 2 fully saturated rings. The highest BCUT2D eigenvalue weighted by Gasteiger charge is 2.39. The van der Waals surface area contributed by atoms with Gasteiger partial charge in [-0.05, 0) is 68.4 Å². The summed E-state index contributed by atoms with van der Waals surface area (Å²) >= 11 is 0. The summed E-state index contributed by atoms with van der Waals surface area (Å²) in [5.41, 5.74) is -0.112. The standard InChI is InChI=1S/C25H40F3N3O2S/c1-30(2)24(32)31-15-14-22(29-17-34(3,4)5)23(31)16-33-19-12-10-18(11-13-19)20-8-6-7-9-21(20)25(26,27)28/h6-9,18-19,22-23,29H,10-17H2,1-5H3. The van der Waals surface area contributed by atoms with Gasteiger partial charge in [-0.2, -0.15) is 13.2 Å². The van der Waals surface area contributed by atoms with E-state index in [4.69, 9.17) is 4.74 Å². The van der Waals surface area contributed by atoms with Crippen LogP contribution >= 0.6 is 10.0 Å². The number of benzene rings is 1. The maximum absolute atomic E-state index is 13.4. The van der Waals surface area contributed by atoms with E-state index in [2.05, 4.69) is 24.1 Å². The molecule has 0 spiro atoms. The van der Waals surface area contributed by atoms with E-state index in [0.717, 1.165) is 25.1 Å². The predicted octanol–water partition coefficient (Wildman–Crippen LogP) is 5.11. The number of urea groups is 1. The molecule has 0 bridgehead atoms. The summed E-state index contributed by atoms with van der Waals surface area (Å²) in [7, 11) is 2.81. The summed E-state index contributed by atoms with van der Waals surface area (Å²) < 4.78 is 46.6. The first kappa shape index (κ1) is 27.1. The van der Waals surface area contributed by atoms with Crippen LogP contribution in [0.1, 0.15) is 49.1 Å². The number of carbonyl (C=O) groups excluding carboxylic acids is 1. The van der Waals surface area contributed by atoms with Gasteiger partial charge in [0.1, 0.15) is 0 Å². The van der Waals surface area contributed by atoms with Crippen molar-refractivity contribution in [2.45, 2.75) is 62.4 Å². The number of ether oxygens (including phenoxy) is 1. The first-order chi connectivity index (χ1) is 15.9. The van der Waals surface area contributed by atoms with Gasteiger partial charge in [0.25, 0.3) is 0 Å². The first-order valence-corrected chi connectivity index (χ1v) is 15.0. The molecule has 1 heterocycles. The molecule has 0 radical (unpaired) electrons. The first-order valence-electron chi connectivity index (χ1n) is 12.0. The average Bonchev–Trinajstić information content (AvgIpc) is 3.17. The van der Waals surface area contributed by atoms with Gasteiger partial charge in [0.05, 0.1) is 24.3 Å². The van der Waals surface area contributed by atoms with Crippen molar-refractivity contribution in [1.82, 2.24) is 15.1 Å². The number of nitrogens with one attached hydrogen (secondary N) is 1. The van der Waals surface area contributed by atoms with Crippen LogP contribution in [-0.4, -0.2) is 85.9 Å². The molecule has 1 aromatic rings. The van der Waals surface area contributed by atoms with Crippen molar-refractivity contribution in [3.8, 4) is 0 Å². The second-order valence-corrected chi connectivity index (χ2v) is 15.1. The molecule has 5 nitrogen and oxygen atoms in total. The molecule has 2 atom stereocenters. The van der Waals surface area contributed by atoms with Crippen molar-refractivity contribution >= 4 is 16.1 Å². The van der Waals surface area contributed by atoms with Gasteiger partial charge in [-0.3, -0.25) is 0 Å². The van der Waals surface area contributed by atoms with Crippen LogP contribution in [0.5, 0.6) is 0 Å². The number of carbonyl (C=O) groups is 1. The molecule has 9 heteroatoms. The van der Waals surface area contributed by atoms with Gasteiger partial charge >= 0.3 is 12.2 Å². The summed E-state index contributed by atoms with van der Waals surface area (Å²) in [5.74, 6) is 0.835. The third-order valence-corrected chi connectivity index (χ3v) is 7.87. The Balaban J connectivity index is 1.59. The summed E-state index contributed by atoms with van der Waals surface area (Å²) in [6.07, 6.45) is 6.19. The number of hydrogen-bond acceptors (Lipinski definition) is 3. The molecule has 34 heavy (non-hydrogen) atoms. The highest BCUT2D eigenvalue weighted by Crippen LogP contribution is 2.41. The van der Waals surface area contributed by atoms with Gasteiger partial charge in [0, 0.05) is 32.6 Å². The molecule has 194 valence electrons. The lowest BCUT2D eigenvalue weighted by atomic mass is 9.81. The zero-order valence-corrected chi connectivity index (χ0v) is 21.8. The van der Waals surface area contributed by atoms with Crippen molar-refractivity contribution in [3.05, 3.63) is 35.4 Å². The number of nitrogens with zero attached hydrogens (tertiary/aromatic N) is 2. The summed E-state index contributed by atoms with van der Waals surface area (Å²) in [4.78, 5) is 16.3. The lowest BCUT2D eigenvalue weighted by Crippen LogP contribution is -2.51. The Kier molecular flexibility index (Phi) is 8.85. The molecule has 2 aliphatic rings. The summed E-state index contributed by atoms with van der Waals surface area (Å²) in [6, 6.07) is 6.08. The van der Waals surface area contributed by atoms with Crippen LogP contribution in [0.4, 0.5) is 18.0 Å². The molecular weight excluding hydrogens is 463 g/mol. The fourth-order valence-electron chi connectivity index (χ4n) is 5.04. The Morgan fingerprint density at radius 1 is 1.12 bits per heavy atom. The number of amides is 2. The minimum atomic E-state index is -4.33. The van der Waals surface area contributed by atoms with Crippen LogP contribution in [0.25, 0.3) is 0 Å². The van der Waals surface area contributed by atoms with E-state index >= 15 is 0 Å². The van der Waals surface area contributed by atoms with Gasteiger partial charge in [-0.1, -0.05) is 18.2 Å². The molecular formula is C25H40F3N3O2S. The van der Waals surface area contributed by atoms with Crippen molar-refractivity contribution in [1.29, 1.82) is 0 Å². The van der Waals surface area contributed by atoms with Crippen molar-refractivity contribution in [2.75, 3.05) is 51.9 Å². The van der Waals surface area contributed by atoms with Gasteiger partial charge in [-0.25, -0.2) is 14.8 Å². The lowest BCUT2D eigenvalue weighted by Gasteiger charge is -2.35. The Labute approximate surface area is 203 Å². The maximum atomic E-state index is 13.4. The Hall–Kier alpha value is -1.45. The molecule has 3 rings (SSSR count). The number of rotatable bonds is 7. The van der Waals surface area contributed by atoms with E-state index in [-0.39, 0.29) is 30.1 Å². The minimum Gasteiger partial charge on any atom is -0.376 e. The third-order valence-electron chi connectivity index (χ3n) is 6.84. The van der Waals surface area contributed by atoms with Crippen LogP contribution < -0.4 is 5.32 Å². The highest BCUT2D eigenvalue weighted by atomic mass is 32.3. The predicted molar refractivity (Wildman–Crippen MR) is 134 cm³/mol. The molecule has 1 N–H and O–H groups in total. The van der Waals surface area contributed by atoms with E-state index in [9.17, 15) is 18.0 Å². The Morgan fingerprint density at radius 2 is 1.76 bits per heavy atom. The number of halogens is 3. The summed E-state index contributed by atoms with van der Waals surface area (Å²) in [6.45, 7) is 1.15. The molecule has 1 saturated carbocycles. The van der Waals surface area contributed by atoms with E-state index in [1.54, 1.807) is 31.1 Å². The fraction of sp³-hybridized carbons (Fsp3) is 0.720. The number of likely N-dealkylation sites (tertiary alicyclic amines) is 1. The van der Waals surface area contributed by atoms with Crippen molar-refractivity contribution in [2.24, 2.45) is 0 Å². The van der Waals surface area contributed by atoms with Crippen molar-refractivity contribution in [3.63, 3.8) is 0 Å². The van der Waals surface area contributed by atoms with Gasteiger partial charge in [0.2, 0.25) is 0 Å². The van der Waals surface area contributed by atoms with Crippen LogP contribution in [0.2, 0.25) is 0 Å². The van der Waals surface area contributed by atoms with E-state index in [1.165, 1.54) is 12.1 Å². The van der Waals surface area contributed by atoms with Gasteiger partial charge in [0.15, 0.2) is 0 Å². The quantitative estimate of drug-likeness (QED) is 0.562. The fourth-order valence-corrected chi connectivity index (χ4v) is 5.75. The molecule has 1 aliphatic carbocycles. The molecule has 1 aliphatic heterocycles. The number of hydrogen-bond donors (Lipinski definition) is 1. The smallest absolute Gasteiger partial charge is 0.376 e. The monoisotopic (exact) mass is 503 g/mol. The average molecular weight is 504 g/mol. The number of alkyl halides is 3.